The molecule has 0 aliphatic carbocycles. The van der Waals surface area contributed by atoms with Gasteiger partial charge in [0.2, 0.25) is 41.4 Å². The molecule has 2 aromatic rings. The van der Waals surface area contributed by atoms with E-state index in [1.807, 2.05) is 50.2 Å². The maximum atomic E-state index is 15.2. The Morgan fingerprint density at radius 3 is 1.55 bits per heavy atom. The fourth-order valence-electron chi connectivity index (χ4n) is 10.8. The van der Waals surface area contributed by atoms with Gasteiger partial charge in [-0.2, -0.15) is 0 Å². The molecule has 2 aliphatic rings. The SMILES string of the molecule is CC[C@H](C)[C@@H]1OC(=O)[C@@H](C(C)(C)O)N(C)C(=O)C(CC(C)C)NC(=O)[C@H](C(C)C)N(C)C(=O)[C@H](C(C)C)NC(=O)[C@@H]2CCCN2C(=O)[C@@H](Cc2ccccc2)N(C)C(=O)[C@@H](Cc2ccccc2)NC(=O)[C@@H](C(C)C)N(C)C1=O. The Balaban J connectivity index is 1.96. The second kappa shape index (κ2) is 28.0. The summed E-state index contributed by atoms with van der Waals surface area (Å²) < 4.78 is 6.08. The zero-order chi connectivity index (χ0) is 58.7. The van der Waals surface area contributed by atoms with Gasteiger partial charge in [-0.1, -0.05) is 130 Å². The predicted octanol–water partition coefficient (Wildman–Crippen LogP) is 3.98. The lowest BCUT2D eigenvalue weighted by molar-refractivity contribution is -0.177. The largest absolute Gasteiger partial charge is 0.450 e. The maximum Gasteiger partial charge on any atom is 0.332 e. The number of hydrogen-bond acceptors (Lipinski definition) is 11. The highest BCUT2D eigenvalue weighted by atomic mass is 16.6. The van der Waals surface area contributed by atoms with Gasteiger partial charge in [-0.05, 0) is 74.3 Å². The minimum absolute atomic E-state index is 0.00717. The van der Waals surface area contributed by atoms with Crippen molar-refractivity contribution in [3.05, 3.63) is 71.8 Å². The van der Waals surface area contributed by atoms with Crippen LogP contribution in [0.3, 0.4) is 0 Å². The minimum atomic E-state index is -1.97. The summed E-state index contributed by atoms with van der Waals surface area (Å²) in [5, 5.41) is 20.4. The minimum Gasteiger partial charge on any atom is -0.450 e. The Morgan fingerprint density at radius 2 is 1.08 bits per heavy atom. The number of likely N-dealkylation sites (N-methyl/N-ethyl adjacent to an activating group) is 4. The monoisotopic (exact) mass is 1090 g/mol. The number of carbonyl (C=O) groups is 9. The third kappa shape index (κ3) is 15.9. The van der Waals surface area contributed by atoms with Gasteiger partial charge in [-0.3, -0.25) is 38.4 Å². The third-order valence-corrected chi connectivity index (χ3v) is 15.3. The lowest BCUT2D eigenvalue weighted by Gasteiger charge is -2.39. The van der Waals surface area contributed by atoms with Crippen LogP contribution in [0.5, 0.6) is 0 Å². The summed E-state index contributed by atoms with van der Waals surface area (Å²) in [4.78, 5) is 140. The first-order valence-electron chi connectivity index (χ1n) is 27.7. The molecule has 0 radical (unpaired) electrons. The number of nitrogens with zero attached hydrogens (tertiary/aromatic N) is 5. The highest BCUT2D eigenvalue weighted by Gasteiger charge is 2.48. The van der Waals surface area contributed by atoms with Crippen molar-refractivity contribution in [1.82, 2.24) is 40.4 Å². The topological polar surface area (TPSA) is 235 Å². The first-order valence-corrected chi connectivity index (χ1v) is 27.7. The Morgan fingerprint density at radius 1 is 0.590 bits per heavy atom. The zero-order valence-electron chi connectivity index (χ0n) is 49.1. The van der Waals surface area contributed by atoms with Gasteiger partial charge in [-0.15, -0.1) is 0 Å². The van der Waals surface area contributed by atoms with Crippen molar-refractivity contribution in [3.8, 4) is 0 Å². The normalized spacial score (nSPS) is 26.3. The molecule has 10 atom stereocenters. The van der Waals surface area contributed by atoms with Gasteiger partial charge in [0, 0.05) is 53.5 Å². The molecule has 2 saturated heterocycles. The van der Waals surface area contributed by atoms with Crippen LogP contribution < -0.4 is 16.0 Å². The van der Waals surface area contributed by atoms with Crippen LogP contribution in [0.15, 0.2) is 60.7 Å². The maximum absolute atomic E-state index is 15.2. The van der Waals surface area contributed by atoms with Gasteiger partial charge in [0.15, 0.2) is 12.1 Å². The van der Waals surface area contributed by atoms with Crippen LogP contribution in [0.1, 0.15) is 120 Å². The smallest absolute Gasteiger partial charge is 0.332 e. The van der Waals surface area contributed by atoms with E-state index in [0.717, 1.165) is 10.5 Å². The molecule has 2 aromatic carbocycles. The van der Waals surface area contributed by atoms with Crippen molar-refractivity contribution < 1.29 is 53.0 Å². The van der Waals surface area contributed by atoms with Crippen LogP contribution in [0.25, 0.3) is 0 Å². The van der Waals surface area contributed by atoms with E-state index in [9.17, 15) is 38.7 Å². The summed E-state index contributed by atoms with van der Waals surface area (Å²) in [6.45, 7) is 20.4. The first-order chi connectivity index (χ1) is 36.4. The molecule has 4 rings (SSSR count). The van der Waals surface area contributed by atoms with Crippen molar-refractivity contribution >= 4 is 53.2 Å². The van der Waals surface area contributed by atoms with Crippen LogP contribution in [0.2, 0.25) is 0 Å². The molecule has 8 amide bonds. The van der Waals surface area contributed by atoms with E-state index in [4.69, 9.17) is 4.74 Å². The summed E-state index contributed by atoms with van der Waals surface area (Å²) in [6.07, 6.45) is -0.355. The van der Waals surface area contributed by atoms with Crippen molar-refractivity contribution in [2.24, 2.45) is 29.6 Å². The predicted molar refractivity (Wildman–Crippen MR) is 297 cm³/mol. The van der Waals surface area contributed by atoms with Gasteiger partial charge in [-0.25, -0.2) is 4.79 Å². The van der Waals surface area contributed by atoms with Crippen LogP contribution in [0.4, 0.5) is 0 Å². The molecule has 2 heterocycles. The molecule has 78 heavy (non-hydrogen) atoms. The number of carbonyl (C=O) groups excluding carboxylic acids is 9. The summed E-state index contributed by atoms with van der Waals surface area (Å²) in [7, 11) is 5.65. The molecule has 1 unspecified atom stereocenters. The van der Waals surface area contributed by atoms with Crippen molar-refractivity contribution in [2.75, 3.05) is 34.7 Å². The number of fused-ring (bicyclic) bond motifs is 1. The van der Waals surface area contributed by atoms with Gasteiger partial charge >= 0.3 is 5.97 Å². The number of benzene rings is 2. The number of rotatable bonds is 12. The number of esters is 1. The molecule has 0 saturated carbocycles. The number of aliphatic hydroxyl groups is 1. The Kier molecular flexibility index (Phi) is 23.0. The molecular weight excluding hydrogens is 997 g/mol. The van der Waals surface area contributed by atoms with E-state index in [-0.39, 0.29) is 38.1 Å². The first kappa shape index (κ1) is 64.2. The molecule has 0 aromatic heterocycles. The van der Waals surface area contributed by atoms with Crippen LogP contribution in [-0.2, 0) is 60.7 Å². The number of nitrogens with one attached hydrogen (secondary N) is 3. The summed E-state index contributed by atoms with van der Waals surface area (Å²) >= 11 is 0. The molecular formula is C59H90N8O11. The van der Waals surface area contributed by atoms with E-state index >= 15 is 9.59 Å². The van der Waals surface area contributed by atoms with E-state index in [2.05, 4.69) is 16.0 Å². The second-order valence-electron chi connectivity index (χ2n) is 23.5. The van der Waals surface area contributed by atoms with Gasteiger partial charge in [0.1, 0.15) is 42.3 Å². The van der Waals surface area contributed by atoms with Gasteiger partial charge < -0.3 is 50.3 Å². The molecule has 0 bridgehead atoms. The lowest BCUT2D eigenvalue weighted by atomic mass is 9.94. The number of ether oxygens (including phenoxy) is 1. The van der Waals surface area contributed by atoms with Gasteiger partial charge in [0.25, 0.3) is 5.91 Å². The van der Waals surface area contributed by atoms with E-state index in [1.165, 1.54) is 61.6 Å². The fourth-order valence-corrected chi connectivity index (χ4v) is 10.8. The van der Waals surface area contributed by atoms with E-state index < -0.39 is 137 Å². The third-order valence-electron chi connectivity index (χ3n) is 15.3. The zero-order valence-corrected chi connectivity index (χ0v) is 49.1. The Labute approximate surface area is 462 Å². The number of amides is 8. The molecule has 2 aliphatic heterocycles. The van der Waals surface area contributed by atoms with E-state index in [1.54, 1.807) is 79.7 Å². The summed E-state index contributed by atoms with van der Waals surface area (Å²) in [5.41, 5.74) is -0.553. The second-order valence-corrected chi connectivity index (χ2v) is 23.5. The summed E-state index contributed by atoms with van der Waals surface area (Å²) in [5.74, 6) is -8.74. The summed E-state index contributed by atoms with van der Waals surface area (Å²) in [6, 6.07) is 8.07. The molecule has 19 heteroatoms. The van der Waals surface area contributed by atoms with Crippen LogP contribution in [0, 0.1) is 29.6 Å². The van der Waals surface area contributed by atoms with Crippen LogP contribution >= 0.6 is 0 Å². The quantitative estimate of drug-likeness (QED) is 0.222. The lowest BCUT2D eigenvalue weighted by Crippen LogP contribution is -2.63. The average molecular weight is 1090 g/mol. The molecule has 4 N–H and O–H groups in total. The standard InChI is InChI=1S/C59H90N8O11/c1-17-38(10)48-57(75)65(15)47(37(8)9)52(70)61-42(32-39-25-20-18-21-26-39)53(71)63(13)44(33-40-27-22-19-23-28-40)55(73)67-30-24-29-43(67)50(68)62-45(35(4)5)56(74)64(14)46(36(6)7)51(69)60-41(31-34(2)3)54(72)66(16)49(58(76)78-48)59(11,12)77/h18-23,25-28,34-38,41-49,77H,17,24,29-33H2,1-16H3,(H,60,69)(H,61,70)(H,62,68)/t38-,41?,42+,43-,44+,45-,46-,47+,48-,49-/m0/s1. The van der Waals surface area contributed by atoms with Crippen molar-refractivity contribution in [1.29, 1.82) is 0 Å². The Hall–Kier alpha value is -6.37. The molecule has 19 nitrogen and oxygen atoms in total. The fraction of sp³-hybridized carbons (Fsp3) is 0.644. The van der Waals surface area contributed by atoms with Gasteiger partial charge in [0.05, 0.1) is 5.60 Å². The molecule has 2 fully saturated rings. The highest BCUT2D eigenvalue weighted by Crippen LogP contribution is 2.27. The number of hydrogen-bond donors (Lipinski definition) is 4. The number of cyclic esters (lactones) is 1. The average Bonchev–Trinajstić information content (AvgIpc) is 3.87. The Bertz CT molecular complexity index is 2410. The van der Waals surface area contributed by atoms with Crippen molar-refractivity contribution in [3.63, 3.8) is 0 Å². The molecule has 432 valence electrons. The van der Waals surface area contributed by atoms with Crippen LogP contribution in [-0.4, -0.2) is 178 Å². The van der Waals surface area contributed by atoms with Crippen molar-refractivity contribution in [2.45, 2.75) is 182 Å². The highest BCUT2D eigenvalue weighted by molar-refractivity contribution is 5.99. The molecule has 0 spiro atoms. The van der Waals surface area contributed by atoms with E-state index in [0.29, 0.717) is 18.4 Å².